The molecule has 0 amide bonds. The maximum atomic E-state index is 11.8. The first-order valence-electron chi connectivity index (χ1n) is 5.08. The number of carbonyl (C=O) groups excluding carboxylic acids is 1. The first kappa shape index (κ1) is 15.1. The van der Waals surface area contributed by atoms with Crippen LogP contribution in [0.4, 0.5) is 18.9 Å². The Kier molecular flexibility index (Phi) is 4.99. The van der Waals surface area contributed by atoms with E-state index < -0.39 is 25.5 Å². The zero-order valence-corrected chi connectivity index (χ0v) is 9.99. The van der Waals surface area contributed by atoms with E-state index >= 15 is 0 Å². The molecular weight excluding hydrogens is 267 g/mol. The monoisotopic (exact) mass is 279 g/mol. The molecule has 0 atom stereocenters. The van der Waals surface area contributed by atoms with Crippen LogP contribution in [0.25, 0.3) is 0 Å². The largest absolute Gasteiger partial charge is 0.467 e. The molecule has 1 aromatic carbocycles. The van der Waals surface area contributed by atoms with Crippen LogP contribution in [-0.2, 0) is 9.47 Å². The number of benzene rings is 1. The topological polar surface area (TPSA) is 70.8 Å². The van der Waals surface area contributed by atoms with Gasteiger partial charge in [-0.15, -0.1) is 0 Å². The number of esters is 1. The number of carbonyl (C=O) groups is 1. The predicted octanol–water partition coefficient (Wildman–Crippen LogP) is 1.97. The Labute approximate surface area is 107 Å². The van der Waals surface area contributed by atoms with E-state index in [0.29, 0.717) is 5.69 Å². The number of methoxy groups -OCH3 is 1. The fourth-order valence-electron chi connectivity index (χ4n) is 1.20. The minimum Gasteiger partial charge on any atom is -0.467 e. The average molecular weight is 279 g/mol. The highest BCUT2D eigenvalue weighted by Crippen LogP contribution is 2.23. The van der Waals surface area contributed by atoms with Crippen LogP contribution in [0, 0.1) is 0 Å². The van der Waals surface area contributed by atoms with Crippen molar-refractivity contribution in [3.8, 4) is 5.75 Å². The van der Waals surface area contributed by atoms with Crippen LogP contribution in [0.2, 0.25) is 0 Å². The van der Waals surface area contributed by atoms with Crippen molar-refractivity contribution in [1.82, 2.24) is 0 Å². The zero-order chi connectivity index (χ0) is 14.5. The lowest BCUT2D eigenvalue weighted by molar-refractivity contribution is -0.186. The van der Waals surface area contributed by atoms with E-state index in [1.807, 2.05) is 0 Å². The minimum atomic E-state index is -4.44. The number of alkyl halides is 3. The first-order valence-corrected chi connectivity index (χ1v) is 5.08. The van der Waals surface area contributed by atoms with E-state index in [1.165, 1.54) is 25.3 Å². The highest BCUT2D eigenvalue weighted by molar-refractivity contribution is 5.93. The molecular formula is C11H12F3NO4. The smallest absolute Gasteiger partial charge is 0.411 e. The lowest BCUT2D eigenvalue weighted by atomic mass is 10.2. The Hall–Kier alpha value is -1.96. The number of nitrogen functional groups attached to an aromatic ring is 1. The van der Waals surface area contributed by atoms with Crippen LogP contribution < -0.4 is 10.5 Å². The Balaban J connectivity index is 2.66. The predicted molar refractivity (Wildman–Crippen MR) is 59.7 cm³/mol. The van der Waals surface area contributed by atoms with Crippen molar-refractivity contribution in [3.63, 3.8) is 0 Å². The fourth-order valence-corrected chi connectivity index (χ4v) is 1.20. The lowest BCUT2D eigenvalue weighted by Crippen LogP contribution is -2.19. The van der Waals surface area contributed by atoms with Gasteiger partial charge in [-0.1, -0.05) is 0 Å². The second-order valence-electron chi connectivity index (χ2n) is 3.47. The second kappa shape index (κ2) is 6.28. The van der Waals surface area contributed by atoms with Crippen LogP contribution in [0.5, 0.6) is 5.75 Å². The summed E-state index contributed by atoms with van der Waals surface area (Å²) in [4.78, 5) is 11.4. The Morgan fingerprint density at radius 2 is 2.05 bits per heavy atom. The third-order valence-electron chi connectivity index (χ3n) is 1.97. The summed E-state index contributed by atoms with van der Waals surface area (Å²) in [5.41, 5.74) is 5.83. The number of hydrogen-bond donors (Lipinski definition) is 1. The summed E-state index contributed by atoms with van der Waals surface area (Å²) in [7, 11) is 1.17. The van der Waals surface area contributed by atoms with Gasteiger partial charge in [0.15, 0.2) is 6.79 Å². The molecule has 1 rings (SSSR count). The average Bonchev–Trinajstić information content (AvgIpc) is 2.33. The van der Waals surface area contributed by atoms with Crippen molar-refractivity contribution in [2.24, 2.45) is 0 Å². The molecule has 19 heavy (non-hydrogen) atoms. The number of halogens is 3. The Bertz CT molecular complexity index is 448. The molecule has 0 saturated heterocycles. The quantitative estimate of drug-likeness (QED) is 0.386. The molecule has 0 heterocycles. The molecule has 2 N–H and O–H groups in total. The van der Waals surface area contributed by atoms with E-state index in [4.69, 9.17) is 10.5 Å². The fraction of sp³-hybridized carbons (Fsp3) is 0.364. The molecule has 0 fully saturated rings. The van der Waals surface area contributed by atoms with Crippen molar-refractivity contribution in [2.75, 3.05) is 26.2 Å². The summed E-state index contributed by atoms with van der Waals surface area (Å²) < 4.78 is 49.2. The van der Waals surface area contributed by atoms with Crippen LogP contribution in [0.3, 0.4) is 0 Å². The van der Waals surface area contributed by atoms with Gasteiger partial charge in [0.1, 0.15) is 17.9 Å². The number of hydrogen-bond acceptors (Lipinski definition) is 5. The Morgan fingerprint density at radius 1 is 1.37 bits per heavy atom. The highest BCUT2D eigenvalue weighted by atomic mass is 19.4. The zero-order valence-electron chi connectivity index (χ0n) is 9.99. The van der Waals surface area contributed by atoms with Gasteiger partial charge in [-0.25, -0.2) is 4.79 Å². The molecule has 0 saturated carbocycles. The SMILES string of the molecule is COC(=O)c1ccc(N)cc1OCOCC(F)(F)F. The summed E-state index contributed by atoms with van der Waals surface area (Å²) >= 11 is 0. The van der Waals surface area contributed by atoms with E-state index in [9.17, 15) is 18.0 Å². The molecule has 0 spiro atoms. The van der Waals surface area contributed by atoms with Gasteiger partial charge in [-0.05, 0) is 12.1 Å². The van der Waals surface area contributed by atoms with Gasteiger partial charge in [0.25, 0.3) is 0 Å². The van der Waals surface area contributed by atoms with E-state index in [2.05, 4.69) is 9.47 Å². The lowest BCUT2D eigenvalue weighted by Gasteiger charge is -2.12. The maximum absolute atomic E-state index is 11.8. The minimum absolute atomic E-state index is 0.00553. The van der Waals surface area contributed by atoms with E-state index in [1.54, 1.807) is 0 Å². The summed E-state index contributed by atoms with van der Waals surface area (Å²) in [6, 6.07) is 4.08. The van der Waals surface area contributed by atoms with Gasteiger partial charge < -0.3 is 19.9 Å². The normalized spacial score (nSPS) is 11.2. The molecule has 0 aromatic heterocycles. The summed E-state index contributed by atoms with van der Waals surface area (Å²) in [6.45, 7) is -2.10. The maximum Gasteiger partial charge on any atom is 0.411 e. The van der Waals surface area contributed by atoms with E-state index in [-0.39, 0.29) is 11.3 Å². The van der Waals surface area contributed by atoms with Crippen molar-refractivity contribution in [2.45, 2.75) is 6.18 Å². The number of rotatable bonds is 5. The standard InChI is InChI=1S/C11H12F3NO4/c1-17-10(16)8-3-2-7(15)4-9(8)19-6-18-5-11(12,13)14/h2-4H,5-6,15H2,1H3. The van der Waals surface area contributed by atoms with Gasteiger partial charge in [0.2, 0.25) is 0 Å². The Morgan fingerprint density at radius 3 is 2.63 bits per heavy atom. The molecule has 0 unspecified atom stereocenters. The van der Waals surface area contributed by atoms with Crippen molar-refractivity contribution in [3.05, 3.63) is 23.8 Å². The second-order valence-corrected chi connectivity index (χ2v) is 3.47. The molecule has 0 bridgehead atoms. The van der Waals surface area contributed by atoms with Crippen LogP contribution in [0.15, 0.2) is 18.2 Å². The highest BCUT2D eigenvalue weighted by Gasteiger charge is 2.27. The summed E-state index contributed by atoms with van der Waals surface area (Å²) in [6.07, 6.45) is -4.44. The van der Waals surface area contributed by atoms with E-state index in [0.717, 1.165) is 0 Å². The van der Waals surface area contributed by atoms with Gasteiger partial charge >= 0.3 is 12.1 Å². The molecule has 0 aliphatic heterocycles. The number of ether oxygens (including phenoxy) is 3. The summed E-state index contributed by atoms with van der Waals surface area (Å²) in [5.74, 6) is -0.695. The molecule has 0 aliphatic rings. The first-order chi connectivity index (χ1) is 8.83. The molecule has 106 valence electrons. The van der Waals surface area contributed by atoms with Crippen molar-refractivity contribution >= 4 is 11.7 Å². The molecule has 0 aliphatic carbocycles. The molecule has 5 nitrogen and oxygen atoms in total. The number of nitrogens with two attached hydrogens (primary N) is 1. The molecule has 1 aromatic rings. The van der Waals surface area contributed by atoms with Gasteiger partial charge in [-0.3, -0.25) is 0 Å². The van der Waals surface area contributed by atoms with Gasteiger partial charge in [-0.2, -0.15) is 13.2 Å². The third kappa shape index (κ3) is 5.04. The van der Waals surface area contributed by atoms with Crippen molar-refractivity contribution in [1.29, 1.82) is 0 Å². The van der Waals surface area contributed by atoms with Gasteiger partial charge in [0, 0.05) is 11.8 Å². The summed E-state index contributed by atoms with van der Waals surface area (Å²) in [5, 5.41) is 0. The van der Waals surface area contributed by atoms with Crippen LogP contribution >= 0.6 is 0 Å². The van der Waals surface area contributed by atoms with Crippen LogP contribution in [0.1, 0.15) is 10.4 Å². The van der Waals surface area contributed by atoms with Gasteiger partial charge in [0.05, 0.1) is 7.11 Å². The molecule has 0 radical (unpaired) electrons. The number of anilines is 1. The van der Waals surface area contributed by atoms with Crippen LogP contribution in [-0.4, -0.2) is 32.7 Å². The van der Waals surface area contributed by atoms with Crippen molar-refractivity contribution < 1.29 is 32.2 Å². The molecule has 8 heteroatoms. The third-order valence-corrected chi connectivity index (χ3v) is 1.97.